The molecule has 0 spiro atoms. The number of para-hydroxylation sites is 1. The smallest absolute Gasteiger partial charge is 0.294 e. The molecule has 0 aliphatic heterocycles. The van der Waals surface area contributed by atoms with Crippen LogP contribution in [-0.4, -0.2) is 38.0 Å². The van der Waals surface area contributed by atoms with Gasteiger partial charge in [-0.15, -0.1) is 0 Å². The molecule has 1 fully saturated rings. The van der Waals surface area contributed by atoms with Gasteiger partial charge >= 0.3 is 0 Å². The van der Waals surface area contributed by atoms with E-state index in [1.807, 2.05) is 140 Å². The lowest BCUT2D eigenvalue weighted by Crippen LogP contribution is -2.65. The zero-order valence-electron chi connectivity index (χ0n) is 28.5. The van der Waals surface area contributed by atoms with E-state index in [2.05, 4.69) is 0 Å². The van der Waals surface area contributed by atoms with Crippen molar-refractivity contribution in [2.75, 3.05) is 13.7 Å². The molecule has 0 unspecified atom stereocenters. The van der Waals surface area contributed by atoms with Gasteiger partial charge in [0.1, 0.15) is 17.6 Å². The number of benzene rings is 5. The Bertz CT molecular complexity index is 1730. The number of hydrogen-bond donors (Lipinski definition) is 0. The highest BCUT2D eigenvalue weighted by atomic mass is 19.3. The second kappa shape index (κ2) is 16.9. The van der Waals surface area contributed by atoms with Crippen molar-refractivity contribution in [1.29, 1.82) is 0 Å². The third-order valence-electron chi connectivity index (χ3n) is 9.36. The highest BCUT2D eigenvalue weighted by molar-refractivity contribution is 5.39. The van der Waals surface area contributed by atoms with E-state index >= 15 is 8.78 Å². The van der Waals surface area contributed by atoms with Crippen molar-refractivity contribution < 1.29 is 32.5 Å². The number of hydrogen-bond acceptors (Lipinski definition) is 5. The van der Waals surface area contributed by atoms with Crippen molar-refractivity contribution in [3.05, 3.63) is 167 Å². The standard InChI is InChI=1S/C43H44F2O5/c1-31-40(48-28-34-16-8-4-9-17-34)38(30-47-27-33-14-6-3-7-15-33)43(44,45)42(41(31)49-29-35-18-10-5-11-19-35)50-39-21-13-12-20-36(39)26-32-22-24-37(46-2)25-23-32/h3-25,31,38,40-42H,26-30H2,1-2H3/t31-,38+,40-,41+,42-/m0/s1. The Morgan fingerprint density at radius 3 is 1.68 bits per heavy atom. The summed E-state index contributed by atoms with van der Waals surface area (Å²) in [5, 5.41) is 0. The molecule has 0 amide bonds. The predicted octanol–water partition coefficient (Wildman–Crippen LogP) is 9.32. The molecule has 0 aromatic heterocycles. The average Bonchev–Trinajstić information content (AvgIpc) is 3.15. The lowest BCUT2D eigenvalue weighted by Gasteiger charge is -2.49. The second-order valence-corrected chi connectivity index (χ2v) is 12.8. The van der Waals surface area contributed by atoms with Crippen LogP contribution in [0.1, 0.15) is 34.7 Å². The van der Waals surface area contributed by atoms with Crippen LogP contribution in [0.25, 0.3) is 0 Å². The van der Waals surface area contributed by atoms with Gasteiger partial charge in [0.2, 0.25) is 0 Å². The van der Waals surface area contributed by atoms with Gasteiger partial charge in [-0.2, -0.15) is 0 Å². The summed E-state index contributed by atoms with van der Waals surface area (Å²) in [6.45, 7) is 2.24. The maximum absolute atomic E-state index is 17.3. The lowest BCUT2D eigenvalue weighted by molar-refractivity contribution is -0.274. The molecule has 0 heterocycles. The molecule has 260 valence electrons. The van der Waals surface area contributed by atoms with Crippen molar-refractivity contribution in [2.24, 2.45) is 11.8 Å². The molecule has 7 heteroatoms. The molecular weight excluding hydrogens is 634 g/mol. The highest BCUT2D eigenvalue weighted by Gasteiger charge is 2.63. The van der Waals surface area contributed by atoms with Gasteiger partial charge in [-0.3, -0.25) is 0 Å². The maximum Gasteiger partial charge on any atom is 0.294 e. The molecule has 0 radical (unpaired) electrons. The molecule has 5 atom stereocenters. The van der Waals surface area contributed by atoms with Crippen molar-refractivity contribution in [3.8, 4) is 11.5 Å². The SMILES string of the molecule is COc1ccc(Cc2ccccc2O[C@H]2[C@H](OCc3ccccc3)[C@@H](C)[C@H](OCc3ccccc3)[C@@H](COCc3ccccc3)C2(F)F)cc1. The van der Waals surface area contributed by atoms with Gasteiger partial charge < -0.3 is 23.7 Å². The van der Waals surface area contributed by atoms with Crippen LogP contribution in [0.5, 0.6) is 11.5 Å². The Morgan fingerprint density at radius 2 is 1.10 bits per heavy atom. The summed E-state index contributed by atoms with van der Waals surface area (Å²) in [7, 11) is 1.62. The number of rotatable bonds is 15. The first kappa shape index (κ1) is 35.3. The Morgan fingerprint density at radius 1 is 0.580 bits per heavy atom. The first-order valence-corrected chi connectivity index (χ1v) is 17.1. The average molecular weight is 679 g/mol. The molecule has 0 bridgehead atoms. The van der Waals surface area contributed by atoms with Gasteiger partial charge in [0, 0.05) is 12.3 Å². The molecule has 0 saturated heterocycles. The molecule has 1 saturated carbocycles. The summed E-state index contributed by atoms with van der Waals surface area (Å²) in [5.74, 6) is -4.02. The zero-order chi connectivity index (χ0) is 34.8. The van der Waals surface area contributed by atoms with Gasteiger partial charge in [-0.25, -0.2) is 8.78 Å². The highest BCUT2D eigenvalue weighted by Crippen LogP contribution is 2.47. The van der Waals surface area contributed by atoms with Gasteiger partial charge in [0.05, 0.1) is 45.6 Å². The van der Waals surface area contributed by atoms with Gasteiger partial charge in [-0.05, 0) is 46.0 Å². The Hall–Kier alpha value is -4.56. The Balaban J connectivity index is 1.32. The van der Waals surface area contributed by atoms with E-state index in [1.165, 1.54) is 0 Å². The lowest BCUT2D eigenvalue weighted by atomic mass is 9.73. The van der Waals surface area contributed by atoms with Crippen LogP contribution >= 0.6 is 0 Å². The molecule has 5 nitrogen and oxygen atoms in total. The predicted molar refractivity (Wildman–Crippen MR) is 190 cm³/mol. The van der Waals surface area contributed by atoms with Crippen LogP contribution in [0.15, 0.2) is 140 Å². The van der Waals surface area contributed by atoms with Crippen molar-refractivity contribution in [3.63, 3.8) is 0 Å². The van der Waals surface area contributed by atoms with E-state index in [1.54, 1.807) is 13.2 Å². The summed E-state index contributed by atoms with van der Waals surface area (Å²) < 4.78 is 65.4. The minimum Gasteiger partial charge on any atom is -0.497 e. The monoisotopic (exact) mass is 678 g/mol. The fourth-order valence-corrected chi connectivity index (χ4v) is 6.61. The maximum atomic E-state index is 17.3. The third-order valence-corrected chi connectivity index (χ3v) is 9.36. The van der Waals surface area contributed by atoms with Gasteiger partial charge in [0.15, 0.2) is 6.10 Å². The van der Waals surface area contributed by atoms with Crippen molar-refractivity contribution in [1.82, 2.24) is 0 Å². The van der Waals surface area contributed by atoms with Crippen LogP contribution in [0, 0.1) is 11.8 Å². The zero-order valence-corrected chi connectivity index (χ0v) is 28.5. The first-order valence-electron chi connectivity index (χ1n) is 17.1. The van der Waals surface area contributed by atoms with Crippen LogP contribution in [0.3, 0.4) is 0 Å². The Kier molecular flexibility index (Phi) is 11.9. The summed E-state index contributed by atoms with van der Waals surface area (Å²) >= 11 is 0. The number of methoxy groups -OCH3 is 1. The topological polar surface area (TPSA) is 46.2 Å². The van der Waals surface area contributed by atoms with Crippen molar-refractivity contribution in [2.45, 2.75) is 57.4 Å². The molecule has 1 aliphatic rings. The number of alkyl halides is 2. The van der Waals surface area contributed by atoms with E-state index in [-0.39, 0.29) is 26.4 Å². The summed E-state index contributed by atoms with van der Waals surface area (Å²) in [6, 6.07) is 43.8. The van der Waals surface area contributed by atoms with Gasteiger partial charge in [-0.1, -0.05) is 128 Å². The fraction of sp³-hybridized carbons (Fsp3) is 0.302. The van der Waals surface area contributed by atoms with E-state index < -0.39 is 36.1 Å². The normalized spacial score (nSPS) is 21.4. The largest absolute Gasteiger partial charge is 0.497 e. The molecule has 0 N–H and O–H groups in total. The van der Waals surface area contributed by atoms with Crippen LogP contribution in [-0.2, 0) is 40.5 Å². The van der Waals surface area contributed by atoms with E-state index in [0.29, 0.717) is 12.2 Å². The molecule has 1 aliphatic carbocycles. The third kappa shape index (κ3) is 8.77. The molecular formula is C43H44F2O5. The summed E-state index contributed by atoms with van der Waals surface area (Å²) in [6.07, 6.45) is -2.99. The quantitative estimate of drug-likeness (QED) is 0.110. The molecule has 5 aromatic rings. The summed E-state index contributed by atoms with van der Waals surface area (Å²) in [5.41, 5.74) is 4.49. The van der Waals surface area contributed by atoms with Crippen LogP contribution in [0.4, 0.5) is 8.78 Å². The Labute approximate surface area is 293 Å². The number of ether oxygens (including phenoxy) is 5. The second-order valence-electron chi connectivity index (χ2n) is 12.8. The molecule has 6 rings (SSSR count). The van der Waals surface area contributed by atoms with E-state index in [9.17, 15) is 0 Å². The fourth-order valence-electron chi connectivity index (χ4n) is 6.61. The first-order chi connectivity index (χ1) is 24.4. The van der Waals surface area contributed by atoms with Crippen LogP contribution < -0.4 is 9.47 Å². The van der Waals surface area contributed by atoms with Gasteiger partial charge in [0.25, 0.3) is 5.92 Å². The summed E-state index contributed by atoms with van der Waals surface area (Å²) in [4.78, 5) is 0. The minimum atomic E-state index is -3.39. The van der Waals surface area contributed by atoms with Crippen molar-refractivity contribution >= 4 is 0 Å². The van der Waals surface area contributed by atoms with E-state index in [0.717, 1.165) is 33.6 Å². The van der Waals surface area contributed by atoms with Crippen LogP contribution in [0.2, 0.25) is 0 Å². The minimum absolute atomic E-state index is 0.153. The molecule has 50 heavy (non-hydrogen) atoms. The number of halogens is 2. The molecule has 5 aromatic carbocycles. The van der Waals surface area contributed by atoms with E-state index in [4.69, 9.17) is 23.7 Å².